The van der Waals surface area contributed by atoms with Gasteiger partial charge in [0.2, 0.25) is 5.91 Å². The van der Waals surface area contributed by atoms with Gasteiger partial charge in [-0.2, -0.15) is 13.2 Å². The highest BCUT2D eigenvalue weighted by Crippen LogP contribution is 2.20. The second-order valence-corrected chi connectivity index (χ2v) is 5.01. The van der Waals surface area contributed by atoms with E-state index in [9.17, 15) is 18.0 Å². The van der Waals surface area contributed by atoms with Gasteiger partial charge in [0.25, 0.3) is 0 Å². The van der Waals surface area contributed by atoms with E-state index in [0.29, 0.717) is 20.5 Å². The van der Waals surface area contributed by atoms with Crippen LogP contribution in [0.25, 0.3) is 6.08 Å². The van der Waals surface area contributed by atoms with E-state index in [2.05, 4.69) is 0 Å². The van der Waals surface area contributed by atoms with Gasteiger partial charge in [0.05, 0.1) is 6.61 Å². The molecule has 3 nitrogen and oxygen atoms in total. The number of carbonyl (C=O) groups is 1. The maximum absolute atomic E-state index is 12.3. The summed E-state index contributed by atoms with van der Waals surface area (Å²) in [6.45, 7) is -2.38. The fourth-order valence-corrected chi connectivity index (χ4v) is 2.09. The van der Waals surface area contributed by atoms with Crippen molar-refractivity contribution in [2.45, 2.75) is 6.18 Å². The number of carbonyl (C=O) groups excluding carboxylic acids is 1. The summed E-state index contributed by atoms with van der Waals surface area (Å²) in [6, 6.07) is 4.51. The summed E-state index contributed by atoms with van der Waals surface area (Å²) in [5.74, 6) is -0.863. The Balaban J connectivity index is 2.82. The summed E-state index contributed by atoms with van der Waals surface area (Å²) in [5.41, 5.74) is 0.483. The van der Waals surface area contributed by atoms with Crippen molar-refractivity contribution in [3.05, 3.63) is 39.9 Å². The third-order valence-electron chi connectivity index (χ3n) is 2.35. The minimum absolute atomic E-state index is 0.345. The SMILES string of the molecule is O=C(/C=C/c1cc(Cl)cc(Cl)c1)N(CCO)CC(F)(F)F. The van der Waals surface area contributed by atoms with E-state index in [0.717, 1.165) is 6.08 Å². The molecule has 0 aliphatic carbocycles. The predicted molar refractivity (Wildman–Crippen MR) is 75.2 cm³/mol. The molecule has 0 aliphatic heterocycles. The van der Waals surface area contributed by atoms with Crippen LogP contribution in [0.1, 0.15) is 5.56 Å². The van der Waals surface area contributed by atoms with Crippen molar-refractivity contribution in [1.29, 1.82) is 0 Å². The van der Waals surface area contributed by atoms with Crippen LogP contribution < -0.4 is 0 Å². The Hall–Kier alpha value is -1.24. The van der Waals surface area contributed by atoms with Gasteiger partial charge in [-0.1, -0.05) is 23.2 Å². The zero-order valence-electron chi connectivity index (χ0n) is 10.7. The maximum Gasteiger partial charge on any atom is 0.406 e. The zero-order valence-corrected chi connectivity index (χ0v) is 12.2. The lowest BCUT2D eigenvalue weighted by Gasteiger charge is -2.21. The molecule has 0 fully saturated rings. The highest BCUT2D eigenvalue weighted by atomic mass is 35.5. The molecular formula is C13H12Cl2F3NO2. The highest BCUT2D eigenvalue weighted by molar-refractivity contribution is 6.34. The standard InChI is InChI=1S/C13H12Cl2F3NO2/c14-10-5-9(6-11(15)7-10)1-2-12(21)19(3-4-20)8-13(16,17)18/h1-2,5-7,20H,3-4,8H2/b2-1+. The molecule has 0 saturated carbocycles. The number of benzene rings is 1. The number of nitrogens with zero attached hydrogens (tertiary/aromatic N) is 1. The minimum Gasteiger partial charge on any atom is -0.395 e. The lowest BCUT2D eigenvalue weighted by molar-refractivity contribution is -0.158. The van der Waals surface area contributed by atoms with E-state index in [1.54, 1.807) is 0 Å². The number of aliphatic hydroxyl groups excluding tert-OH is 1. The first kappa shape index (κ1) is 17.8. The van der Waals surface area contributed by atoms with Crippen LogP contribution in [0.15, 0.2) is 24.3 Å². The van der Waals surface area contributed by atoms with Crippen molar-refractivity contribution in [2.75, 3.05) is 19.7 Å². The lowest BCUT2D eigenvalue weighted by Crippen LogP contribution is -2.39. The first-order valence-electron chi connectivity index (χ1n) is 5.82. The third-order valence-corrected chi connectivity index (χ3v) is 2.79. The van der Waals surface area contributed by atoms with Crippen LogP contribution in [0.5, 0.6) is 0 Å². The Morgan fingerprint density at radius 1 is 1.24 bits per heavy atom. The Labute approximate surface area is 129 Å². The number of halogens is 5. The molecule has 116 valence electrons. The van der Waals surface area contributed by atoms with Gasteiger partial charge in [-0.3, -0.25) is 4.79 Å². The topological polar surface area (TPSA) is 40.5 Å². The zero-order chi connectivity index (χ0) is 16.0. The lowest BCUT2D eigenvalue weighted by atomic mass is 10.2. The van der Waals surface area contributed by atoms with Crippen LogP contribution in [0.3, 0.4) is 0 Å². The normalized spacial score (nSPS) is 11.9. The molecule has 1 aromatic rings. The van der Waals surface area contributed by atoms with Crippen LogP contribution in [0.2, 0.25) is 10.0 Å². The molecule has 0 radical (unpaired) electrons. The fourth-order valence-electron chi connectivity index (χ4n) is 1.55. The molecule has 21 heavy (non-hydrogen) atoms. The van der Waals surface area contributed by atoms with E-state index in [4.69, 9.17) is 28.3 Å². The van der Waals surface area contributed by atoms with E-state index in [1.807, 2.05) is 0 Å². The van der Waals surface area contributed by atoms with Crippen LogP contribution in [0.4, 0.5) is 13.2 Å². The minimum atomic E-state index is -4.53. The molecule has 0 heterocycles. The molecule has 8 heteroatoms. The van der Waals surface area contributed by atoms with Gasteiger partial charge in [-0.25, -0.2) is 0 Å². The molecule has 0 atom stereocenters. The number of alkyl halides is 3. The van der Waals surface area contributed by atoms with Gasteiger partial charge < -0.3 is 10.0 Å². The van der Waals surface area contributed by atoms with Crippen molar-refractivity contribution in [1.82, 2.24) is 4.90 Å². The number of aliphatic hydroxyl groups is 1. The van der Waals surface area contributed by atoms with Gasteiger partial charge in [0.15, 0.2) is 0 Å². The van der Waals surface area contributed by atoms with Gasteiger partial charge in [0.1, 0.15) is 6.54 Å². The van der Waals surface area contributed by atoms with Crippen LogP contribution in [-0.4, -0.2) is 41.8 Å². The Kier molecular flexibility index (Phi) is 6.51. The van der Waals surface area contributed by atoms with E-state index >= 15 is 0 Å². The average Bonchev–Trinajstić information content (AvgIpc) is 2.32. The van der Waals surface area contributed by atoms with E-state index < -0.39 is 31.8 Å². The summed E-state index contributed by atoms with van der Waals surface area (Å²) in [6.07, 6.45) is -2.25. The quantitative estimate of drug-likeness (QED) is 0.834. The van der Waals surface area contributed by atoms with Gasteiger partial charge >= 0.3 is 6.18 Å². The summed E-state index contributed by atoms with van der Waals surface area (Å²) in [5, 5.41) is 9.41. The molecule has 0 unspecified atom stereocenters. The highest BCUT2D eigenvalue weighted by Gasteiger charge is 2.32. The second kappa shape index (κ2) is 7.68. The summed E-state index contributed by atoms with van der Waals surface area (Å²) >= 11 is 11.5. The van der Waals surface area contributed by atoms with E-state index in [-0.39, 0.29) is 0 Å². The summed E-state index contributed by atoms with van der Waals surface area (Å²) in [7, 11) is 0. The first-order chi connectivity index (χ1) is 9.71. The number of hydrogen-bond acceptors (Lipinski definition) is 2. The molecule has 0 aliphatic rings. The average molecular weight is 342 g/mol. The van der Waals surface area contributed by atoms with Crippen molar-refractivity contribution in [2.24, 2.45) is 0 Å². The van der Waals surface area contributed by atoms with Gasteiger partial charge in [-0.15, -0.1) is 0 Å². The molecule has 0 spiro atoms. The third kappa shape index (κ3) is 6.84. The smallest absolute Gasteiger partial charge is 0.395 e. The molecule has 0 aromatic heterocycles. The van der Waals surface area contributed by atoms with Crippen LogP contribution in [-0.2, 0) is 4.79 Å². The predicted octanol–water partition coefficient (Wildman–Crippen LogP) is 3.39. The molecule has 1 aromatic carbocycles. The fraction of sp³-hybridized carbons (Fsp3) is 0.308. The van der Waals surface area contributed by atoms with Crippen LogP contribution in [0, 0.1) is 0 Å². The van der Waals surface area contributed by atoms with Crippen molar-refractivity contribution >= 4 is 35.2 Å². The van der Waals surface area contributed by atoms with Crippen LogP contribution >= 0.6 is 23.2 Å². The monoisotopic (exact) mass is 341 g/mol. The molecule has 1 N–H and O–H groups in total. The molecular weight excluding hydrogens is 330 g/mol. The van der Waals surface area contributed by atoms with Crippen molar-refractivity contribution < 1.29 is 23.1 Å². The first-order valence-corrected chi connectivity index (χ1v) is 6.57. The number of hydrogen-bond donors (Lipinski definition) is 1. The Morgan fingerprint density at radius 2 is 1.81 bits per heavy atom. The number of amides is 1. The Morgan fingerprint density at radius 3 is 2.29 bits per heavy atom. The summed E-state index contributed by atoms with van der Waals surface area (Å²) in [4.78, 5) is 12.2. The van der Waals surface area contributed by atoms with Gasteiger partial charge in [0, 0.05) is 22.7 Å². The van der Waals surface area contributed by atoms with Crippen molar-refractivity contribution in [3.63, 3.8) is 0 Å². The summed E-state index contributed by atoms with van der Waals surface area (Å²) < 4.78 is 37.0. The maximum atomic E-state index is 12.3. The second-order valence-electron chi connectivity index (χ2n) is 4.13. The molecule has 1 rings (SSSR count). The Bertz CT molecular complexity index is 512. The van der Waals surface area contributed by atoms with Crippen molar-refractivity contribution in [3.8, 4) is 0 Å². The number of rotatable bonds is 5. The molecule has 1 amide bonds. The molecule has 0 saturated heterocycles. The largest absolute Gasteiger partial charge is 0.406 e. The van der Waals surface area contributed by atoms with E-state index in [1.165, 1.54) is 24.3 Å². The molecule has 0 bridgehead atoms. The van der Waals surface area contributed by atoms with Gasteiger partial charge in [-0.05, 0) is 29.8 Å².